The number of hydrogen-bond donors (Lipinski definition) is 2. The Kier molecular flexibility index (Phi) is 3.27. The first-order valence-corrected chi connectivity index (χ1v) is 7.23. The molecule has 3 nitrogen and oxygen atoms in total. The summed E-state index contributed by atoms with van der Waals surface area (Å²) >= 11 is 2.04. The van der Waals surface area contributed by atoms with Crippen LogP contribution in [0.5, 0.6) is 0 Å². The van der Waals surface area contributed by atoms with Crippen molar-refractivity contribution in [2.45, 2.75) is 31.3 Å². The zero-order valence-electron chi connectivity index (χ0n) is 9.75. The smallest absolute Gasteiger partial charge is 0.229 e. The van der Waals surface area contributed by atoms with E-state index in [0.717, 1.165) is 16.4 Å². The van der Waals surface area contributed by atoms with Gasteiger partial charge in [-0.2, -0.15) is 0 Å². The second-order valence-corrected chi connectivity index (χ2v) is 6.17. The summed E-state index contributed by atoms with van der Waals surface area (Å²) in [5.41, 5.74) is 0.699. The molecule has 18 heavy (non-hydrogen) atoms. The molecule has 1 amide bonds. The van der Waals surface area contributed by atoms with Gasteiger partial charge in [-0.15, -0.1) is 0 Å². The highest BCUT2D eigenvalue weighted by molar-refractivity contribution is 14.1. The normalized spacial score (nSPS) is 29.6. The molecule has 0 aromatic heterocycles. The second-order valence-electron chi connectivity index (χ2n) is 5.00. The molecule has 2 saturated heterocycles. The Balaban J connectivity index is 1.71. The highest BCUT2D eigenvalue weighted by atomic mass is 127. The number of nitrogens with one attached hydrogen (secondary N) is 2. The fraction of sp³-hybridized carbons (Fsp3) is 0.462. The van der Waals surface area contributed by atoms with Gasteiger partial charge in [0.05, 0.1) is 11.6 Å². The van der Waals surface area contributed by atoms with Crippen LogP contribution in [-0.4, -0.2) is 18.0 Å². The molecule has 2 fully saturated rings. The second kappa shape index (κ2) is 4.77. The molecule has 2 aliphatic rings. The van der Waals surface area contributed by atoms with E-state index in [1.807, 2.05) is 22.6 Å². The summed E-state index contributed by atoms with van der Waals surface area (Å²) in [7, 11) is 0. The first-order chi connectivity index (χ1) is 8.63. The standard InChI is InChI=1S/C13H14FIN2O/c14-7-1-3-12(10(15)5-7)17-13(18)9-6-8-2-4-11(9)16-8/h1,3,5,8-9,11,16H,2,4,6H2,(H,17,18). The van der Waals surface area contributed by atoms with E-state index in [1.54, 1.807) is 6.07 Å². The van der Waals surface area contributed by atoms with Crippen LogP contribution in [0, 0.1) is 15.3 Å². The Morgan fingerprint density at radius 3 is 2.89 bits per heavy atom. The maximum atomic E-state index is 13.0. The lowest BCUT2D eigenvalue weighted by atomic mass is 9.88. The van der Waals surface area contributed by atoms with E-state index in [-0.39, 0.29) is 17.6 Å². The molecule has 1 aromatic carbocycles. The molecule has 3 unspecified atom stereocenters. The molecular formula is C13H14FIN2O. The highest BCUT2D eigenvalue weighted by Crippen LogP contribution is 2.34. The van der Waals surface area contributed by atoms with Gasteiger partial charge in [-0.3, -0.25) is 4.79 Å². The number of rotatable bonds is 2. The van der Waals surface area contributed by atoms with E-state index >= 15 is 0 Å². The van der Waals surface area contributed by atoms with Crippen molar-refractivity contribution >= 4 is 34.2 Å². The SMILES string of the molecule is O=C(Nc1ccc(F)cc1I)C1CC2CCC1N2. The molecule has 0 saturated carbocycles. The zero-order chi connectivity index (χ0) is 12.7. The topological polar surface area (TPSA) is 41.1 Å². The number of hydrogen-bond acceptors (Lipinski definition) is 2. The average molecular weight is 360 g/mol. The lowest BCUT2D eigenvalue weighted by Crippen LogP contribution is -2.33. The van der Waals surface area contributed by atoms with E-state index in [4.69, 9.17) is 0 Å². The van der Waals surface area contributed by atoms with E-state index in [0.29, 0.717) is 17.8 Å². The monoisotopic (exact) mass is 360 g/mol. The average Bonchev–Trinajstić information content (AvgIpc) is 2.94. The maximum Gasteiger partial charge on any atom is 0.229 e. The van der Waals surface area contributed by atoms with E-state index in [2.05, 4.69) is 10.6 Å². The van der Waals surface area contributed by atoms with Crippen LogP contribution < -0.4 is 10.6 Å². The van der Waals surface area contributed by atoms with Crippen molar-refractivity contribution in [3.8, 4) is 0 Å². The minimum absolute atomic E-state index is 0.0548. The largest absolute Gasteiger partial charge is 0.325 e. The summed E-state index contributed by atoms with van der Waals surface area (Å²) in [5.74, 6) is -0.164. The van der Waals surface area contributed by atoms with Gasteiger partial charge >= 0.3 is 0 Å². The van der Waals surface area contributed by atoms with Crippen molar-refractivity contribution in [1.82, 2.24) is 5.32 Å². The van der Waals surface area contributed by atoms with Gasteiger partial charge in [0, 0.05) is 15.7 Å². The molecule has 1 aromatic rings. The summed E-state index contributed by atoms with van der Waals surface area (Å²) in [6.07, 6.45) is 3.19. The molecule has 2 heterocycles. The van der Waals surface area contributed by atoms with Crippen LogP contribution in [0.4, 0.5) is 10.1 Å². The van der Waals surface area contributed by atoms with Gasteiger partial charge in [-0.1, -0.05) is 0 Å². The number of halogens is 2. The quantitative estimate of drug-likeness (QED) is 0.796. The van der Waals surface area contributed by atoms with Gasteiger partial charge in [0.2, 0.25) is 5.91 Å². The van der Waals surface area contributed by atoms with Crippen molar-refractivity contribution < 1.29 is 9.18 Å². The third kappa shape index (κ3) is 2.25. The fourth-order valence-corrected chi connectivity index (χ4v) is 3.54. The van der Waals surface area contributed by atoms with Crippen LogP contribution in [0.2, 0.25) is 0 Å². The number of anilines is 1. The summed E-state index contributed by atoms with van der Waals surface area (Å²) in [4.78, 5) is 12.2. The van der Waals surface area contributed by atoms with Crippen molar-refractivity contribution in [2.75, 3.05) is 5.32 Å². The number of carbonyl (C=O) groups is 1. The molecule has 5 heteroatoms. The van der Waals surface area contributed by atoms with Gasteiger partial charge < -0.3 is 10.6 Å². The molecular weight excluding hydrogens is 346 g/mol. The van der Waals surface area contributed by atoms with Gasteiger partial charge in [0.25, 0.3) is 0 Å². The number of fused-ring (bicyclic) bond motifs is 2. The van der Waals surface area contributed by atoms with Gasteiger partial charge in [-0.25, -0.2) is 4.39 Å². The van der Waals surface area contributed by atoms with Gasteiger partial charge in [-0.05, 0) is 60.1 Å². The molecule has 0 spiro atoms. The molecule has 2 aliphatic heterocycles. The predicted molar refractivity (Wildman–Crippen MR) is 75.8 cm³/mol. The number of amides is 1. The van der Waals surface area contributed by atoms with E-state index in [9.17, 15) is 9.18 Å². The lowest BCUT2D eigenvalue weighted by molar-refractivity contribution is -0.120. The molecule has 0 aliphatic carbocycles. The molecule has 3 rings (SSSR count). The fourth-order valence-electron chi connectivity index (χ4n) is 2.93. The molecule has 3 atom stereocenters. The van der Waals surface area contributed by atoms with Crippen molar-refractivity contribution in [3.63, 3.8) is 0 Å². The molecule has 2 bridgehead atoms. The third-order valence-electron chi connectivity index (χ3n) is 3.83. The van der Waals surface area contributed by atoms with Crippen molar-refractivity contribution in [3.05, 3.63) is 27.6 Å². The summed E-state index contributed by atoms with van der Waals surface area (Å²) in [6.45, 7) is 0. The Morgan fingerprint density at radius 1 is 1.44 bits per heavy atom. The first kappa shape index (κ1) is 12.3. The first-order valence-electron chi connectivity index (χ1n) is 6.15. The Labute approximate surface area is 119 Å². The Bertz CT molecular complexity index is 494. The minimum Gasteiger partial charge on any atom is -0.325 e. The summed E-state index contributed by atoms with van der Waals surface area (Å²) in [6, 6.07) is 5.26. The van der Waals surface area contributed by atoms with Crippen LogP contribution in [0.3, 0.4) is 0 Å². The molecule has 96 valence electrons. The lowest BCUT2D eigenvalue weighted by Gasteiger charge is -2.19. The van der Waals surface area contributed by atoms with Crippen molar-refractivity contribution in [2.24, 2.45) is 5.92 Å². The minimum atomic E-state index is -0.279. The van der Waals surface area contributed by atoms with Gasteiger partial charge in [0.15, 0.2) is 0 Å². The zero-order valence-corrected chi connectivity index (χ0v) is 11.9. The summed E-state index contributed by atoms with van der Waals surface area (Å²) in [5, 5.41) is 6.36. The summed E-state index contributed by atoms with van der Waals surface area (Å²) < 4.78 is 13.7. The predicted octanol–water partition coefficient (Wildman–Crippen LogP) is 2.51. The van der Waals surface area contributed by atoms with Gasteiger partial charge in [0.1, 0.15) is 5.82 Å². The van der Waals surface area contributed by atoms with E-state index < -0.39 is 0 Å². The van der Waals surface area contributed by atoms with E-state index in [1.165, 1.54) is 18.6 Å². The number of benzene rings is 1. The Hall–Kier alpha value is -0.690. The van der Waals surface area contributed by atoms with Crippen LogP contribution in [0.15, 0.2) is 18.2 Å². The molecule has 0 radical (unpaired) electrons. The van der Waals surface area contributed by atoms with Crippen LogP contribution in [-0.2, 0) is 4.79 Å². The van der Waals surface area contributed by atoms with Crippen LogP contribution in [0.25, 0.3) is 0 Å². The molecule has 2 N–H and O–H groups in total. The Morgan fingerprint density at radius 2 is 2.28 bits per heavy atom. The highest BCUT2D eigenvalue weighted by Gasteiger charge is 2.42. The van der Waals surface area contributed by atoms with Crippen LogP contribution >= 0.6 is 22.6 Å². The van der Waals surface area contributed by atoms with Crippen LogP contribution in [0.1, 0.15) is 19.3 Å². The number of carbonyl (C=O) groups excluding carboxylic acids is 1. The maximum absolute atomic E-state index is 13.0. The third-order valence-corrected chi connectivity index (χ3v) is 4.72. The van der Waals surface area contributed by atoms with Crippen molar-refractivity contribution in [1.29, 1.82) is 0 Å².